The van der Waals surface area contributed by atoms with E-state index in [2.05, 4.69) is 10.2 Å². The van der Waals surface area contributed by atoms with Gasteiger partial charge in [-0.25, -0.2) is 9.89 Å². The highest BCUT2D eigenvalue weighted by Crippen LogP contribution is 2.36. The van der Waals surface area contributed by atoms with E-state index in [1.54, 1.807) is 4.57 Å². The number of H-pyrrole nitrogens is 1. The topological polar surface area (TPSA) is 71.0 Å². The molecule has 1 amide bonds. The zero-order chi connectivity index (χ0) is 17.9. The molecule has 2 fully saturated rings. The zero-order valence-electron chi connectivity index (χ0n) is 14.8. The van der Waals surface area contributed by atoms with Gasteiger partial charge in [-0.05, 0) is 37.8 Å². The molecular formula is C19H24N4O2S. The average molecular weight is 372 g/mol. The Morgan fingerprint density at radius 3 is 2.58 bits per heavy atom. The summed E-state index contributed by atoms with van der Waals surface area (Å²) in [5.41, 5.74) is 0.793. The van der Waals surface area contributed by atoms with Crippen LogP contribution < -0.4 is 10.6 Å². The van der Waals surface area contributed by atoms with Crippen molar-refractivity contribution < 1.29 is 4.79 Å². The second-order valence-electron chi connectivity index (χ2n) is 7.09. The van der Waals surface area contributed by atoms with Crippen molar-refractivity contribution in [2.45, 2.75) is 62.2 Å². The minimum atomic E-state index is -0.172. The van der Waals surface area contributed by atoms with E-state index in [9.17, 15) is 9.59 Å². The van der Waals surface area contributed by atoms with E-state index in [0.29, 0.717) is 10.9 Å². The molecule has 0 aliphatic heterocycles. The molecule has 7 heteroatoms. The average Bonchev–Trinajstić information content (AvgIpc) is 3.44. The number of para-hydroxylation sites is 1. The summed E-state index contributed by atoms with van der Waals surface area (Å²) in [5, 5.41) is 7.26. The molecule has 4 rings (SSSR count). The number of thioether (sulfide) groups is 1. The van der Waals surface area contributed by atoms with Crippen LogP contribution in [0.25, 0.3) is 0 Å². The number of carbonyl (C=O) groups excluding carboxylic acids is 1. The molecular weight excluding hydrogens is 348 g/mol. The molecule has 0 atom stereocenters. The summed E-state index contributed by atoms with van der Waals surface area (Å²) in [4.78, 5) is 27.0. The van der Waals surface area contributed by atoms with Crippen molar-refractivity contribution >= 4 is 23.4 Å². The Hall–Kier alpha value is -2.02. The second-order valence-corrected chi connectivity index (χ2v) is 8.03. The number of aromatic amines is 1. The van der Waals surface area contributed by atoms with Gasteiger partial charge in [0.15, 0.2) is 5.16 Å². The molecule has 1 aromatic carbocycles. The second kappa shape index (κ2) is 7.70. The minimum absolute atomic E-state index is 0.0888. The maximum absolute atomic E-state index is 13.1. The number of rotatable bonds is 6. The van der Waals surface area contributed by atoms with Gasteiger partial charge in [0.1, 0.15) is 0 Å². The van der Waals surface area contributed by atoms with Crippen LogP contribution in [-0.2, 0) is 4.79 Å². The van der Waals surface area contributed by atoms with Gasteiger partial charge in [-0.15, -0.1) is 5.10 Å². The molecule has 6 nitrogen and oxygen atoms in total. The highest BCUT2D eigenvalue weighted by molar-refractivity contribution is 7.99. The van der Waals surface area contributed by atoms with E-state index >= 15 is 0 Å². The Balaban J connectivity index is 1.50. The number of hydrogen-bond acceptors (Lipinski definition) is 4. The number of amides is 1. The van der Waals surface area contributed by atoms with Gasteiger partial charge in [0.2, 0.25) is 5.91 Å². The number of aromatic nitrogens is 3. The van der Waals surface area contributed by atoms with Crippen molar-refractivity contribution in [2.24, 2.45) is 0 Å². The predicted molar refractivity (Wildman–Crippen MR) is 103 cm³/mol. The Kier molecular flexibility index (Phi) is 5.15. The third-order valence-corrected chi connectivity index (χ3v) is 6.09. The monoisotopic (exact) mass is 372 g/mol. The van der Waals surface area contributed by atoms with E-state index in [4.69, 9.17) is 0 Å². The highest BCUT2D eigenvalue weighted by Gasteiger charge is 2.30. The lowest BCUT2D eigenvalue weighted by molar-refractivity contribution is -0.116. The summed E-state index contributed by atoms with van der Waals surface area (Å²) in [6.07, 6.45) is 7.74. The number of carbonyl (C=O) groups is 1. The molecule has 0 saturated heterocycles. The molecule has 138 valence electrons. The first-order valence-electron chi connectivity index (χ1n) is 9.41. The Morgan fingerprint density at radius 1 is 1.15 bits per heavy atom. The number of benzene rings is 1. The lowest BCUT2D eigenvalue weighted by atomic mass is 9.93. The summed E-state index contributed by atoms with van der Waals surface area (Å²) in [7, 11) is 0. The molecule has 1 aromatic heterocycles. The quantitative estimate of drug-likeness (QED) is 0.789. The maximum atomic E-state index is 13.1. The largest absolute Gasteiger partial charge is 0.344 e. The van der Waals surface area contributed by atoms with Crippen molar-refractivity contribution in [2.75, 3.05) is 10.7 Å². The van der Waals surface area contributed by atoms with Gasteiger partial charge in [0.05, 0.1) is 5.75 Å². The fourth-order valence-electron chi connectivity index (χ4n) is 3.73. The normalized spacial score (nSPS) is 18.0. The summed E-state index contributed by atoms with van der Waals surface area (Å²) < 4.78 is 1.70. The van der Waals surface area contributed by atoms with Gasteiger partial charge >= 0.3 is 5.69 Å². The van der Waals surface area contributed by atoms with Crippen molar-refractivity contribution in [1.82, 2.24) is 14.8 Å². The third kappa shape index (κ3) is 3.72. The smallest absolute Gasteiger partial charge is 0.309 e. The first-order chi connectivity index (χ1) is 12.7. The molecule has 1 heterocycles. The fraction of sp³-hybridized carbons (Fsp3) is 0.526. The van der Waals surface area contributed by atoms with Crippen molar-refractivity contribution in [1.29, 1.82) is 0 Å². The van der Waals surface area contributed by atoms with E-state index in [0.717, 1.165) is 31.4 Å². The predicted octanol–water partition coefficient (Wildman–Crippen LogP) is 3.36. The molecule has 0 unspecified atom stereocenters. The van der Waals surface area contributed by atoms with Crippen LogP contribution in [-0.4, -0.2) is 32.5 Å². The van der Waals surface area contributed by atoms with Crippen LogP contribution in [0.3, 0.4) is 0 Å². The minimum Gasteiger partial charge on any atom is -0.309 e. The van der Waals surface area contributed by atoms with Gasteiger partial charge in [0, 0.05) is 17.8 Å². The SMILES string of the molecule is O=C(CSc1n[nH]c(=O)n1C1CC1)N(c1ccccc1)C1CCCCC1. The maximum Gasteiger partial charge on any atom is 0.344 e. The number of hydrogen-bond donors (Lipinski definition) is 1. The molecule has 0 radical (unpaired) electrons. The molecule has 1 N–H and O–H groups in total. The zero-order valence-corrected chi connectivity index (χ0v) is 15.6. The molecule has 2 aliphatic carbocycles. The van der Waals surface area contributed by atoms with Crippen LogP contribution in [0.2, 0.25) is 0 Å². The number of nitrogens with zero attached hydrogens (tertiary/aromatic N) is 3. The van der Waals surface area contributed by atoms with E-state index < -0.39 is 0 Å². The first kappa shape index (κ1) is 17.4. The fourth-order valence-corrected chi connectivity index (χ4v) is 4.60. The van der Waals surface area contributed by atoms with Crippen LogP contribution in [0.1, 0.15) is 51.0 Å². The lowest BCUT2D eigenvalue weighted by Gasteiger charge is -2.34. The summed E-state index contributed by atoms with van der Waals surface area (Å²) in [6, 6.07) is 10.5. The van der Waals surface area contributed by atoms with Gasteiger partial charge in [-0.2, -0.15) is 0 Å². The molecule has 0 spiro atoms. The lowest BCUT2D eigenvalue weighted by Crippen LogP contribution is -2.42. The van der Waals surface area contributed by atoms with Crippen LogP contribution in [0.5, 0.6) is 0 Å². The van der Waals surface area contributed by atoms with Crippen LogP contribution in [0.4, 0.5) is 5.69 Å². The molecule has 2 aliphatic rings. The van der Waals surface area contributed by atoms with E-state index in [-0.39, 0.29) is 23.7 Å². The number of anilines is 1. The molecule has 0 bridgehead atoms. The number of nitrogens with one attached hydrogen (secondary N) is 1. The van der Waals surface area contributed by atoms with Crippen LogP contribution in [0, 0.1) is 0 Å². The van der Waals surface area contributed by atoms with Crippen molar-refractivity contribution in [3.8, 4) is 0 Å². The molecule has 2 saturated carbocycles. The standard InChI is InChI=1S/C19H24N4O2S/c24-17(13-26-19-21-20-18(25)23(19)16-11-12-16)22(14-7-3-1-4-8-14)15-9-5-2-6-10-15/h1,3-4,7-8,15-16H,2,5-6,9-13H2,(H,20,25). The van der Waals surface area contributed by atoms with Crippen molar-refractivity contribution in [3.63, 3.8) is 0 Å². The van der Waals surface area contributed by atoms with E-state index in [1.807, 2.05) is 35.2 Å². The summed E-state index contributed by atoms with van der Waals surface area (Å²) >= 11 is 1.36. The molecule has 26 heavy (non-hydrogen) atoms. The van der Waals surface area contributed by atoms with Crippen LogP contribution >= 0.6 is 11.8 Å². The first-order valence-corrected chi connectivity index (χ1v) is 10.4. The van der Waals surface area contributed by atoms with Crippen LogP contribution in [0.15, 0.2) is 40.3 Å². The van der Waals surface area contributed by atoms with E-state index in [1.165, 1.54) is 31.0 Å². The summed E-state index contributed by atoms with van der Waals surface area (Å²) in [5.74, 6) is 0.383. The van der Waals surface area contributed by atoms with Gasteiger partial charge < -0.3 is 4.90 Å². The third-order valence-electron chi connectivity index (χ3n) is 5.15. The Bertz CT molecular complexity index is 806. The Labute approximate surface area is 157 Å². The Morgan fingerprint density at radius 2 is 1.88 bits per heavy atom. The van der Waals surface area contributed by atoms with Gasteiger partial charge in [-0.3, -0.25) is 9.36 Å². The van der Waals surface area contributed by atoms with Gasteiger partial charge in [-0.1, -0.05) is 49.2 Å². The molecule has 2 aromatic rings. The van der Waals surface area contributed by atoms with Gasteiger partial charge in [0.25, 0.3) is 0 Å². The highest BCUT2D eigenvalue weighted by atomic mass is 32.2. The van der Waals surface area contributed by atoms with Crippen molar-refractivity contribution in [3.05, 3.63) is 40.8 Å². The summed E-state index contributed by atoms with van der Waals surface area (Å²) in [6.45, 7) is 0.